The summed E-state index contributed by atoms with van der Waals surface area (Å²) in [7, 11) is 0. The number of ether oxygens (including phenoxy) is 1. The zero-order valence-corrected chi connectivity index (χ0v) is 11.6. The minimum Gasteiger partial charge on any atom is -0.493 e. The molecule has 20 heavy (non-hydrogen) atoms. The van der Waals surface area contributed by atoms with Crippen LogP contribution < -0.4 is 10.1 Å². The summed E-state index contributed by atoms with van der Waals surface area (Å²) in [5.41, 5.74) is 1.80. The van der Waals surface area contributed by atoms with Crippen molar-refractivity contribution in [3.05, 3.63) is 29.3 Å². The van der Waals surface area contributed by atoms with E-state index in [1.165, 1.54) is 0 Å². The van der Waals surface area contributed by atoms with Gasteiger partial charge in [0.15, 0.2) is 0 Å². The summed E-state index contributed by atoms with van der Waals surface area (Å²) in [5, 5.41) is 12.5. The van der Waals surface area contributed by atoms with Gasteiger partial charge < -0.3 is 15.2 Å². The number of aliphatic hydroxyl groups excluding tert-OH is 1. The van der Waals surface area contributed by atoms with Gasteiger partial charge in [0.1, 0.15) is 5.75 Å². The molecule has 4 heteroatoms. The van der Waals surface area contributed by atoms with Crippen LogP contribution in [-0.2, 0) is 6.42 Å². The van der Waals surface area contributed by atoms with E-state index in [9.17, 15) is 9.90 Å². The lowest BCUT2D eigenvalue weighted by Crippen LogP contribution is -2.43. The maximum atomic E-state index is 12.3. The number of carbonyl (C=O) groups excluding carboxylic acids is 1. The average Bonchev–Trinajstić information content (AvgIpc) is 2.95. The second-order valence-electron chi connectivity index (χ2n) is 5.73. The van der Waals surface area contributed by atoms with E-state index in [0.717, 1.165) is 43.4 Å². The van der Waals surface area contributed by atoms with Crippen LogP contribution in [0.25, 0.3) is 0 Å². The van der Waals surface area contributed by atoms with Crippen molar-refractivity contribution in [3.8, 4) is 5.75 Å². The Bertz CT molecular complexity index is 500. The molecule has 1 amide bonds. The van der Waals surface area contributed by atoms with Gasteiger partial charge >= 0.3 is 0 Å². The molecular formula is C16H21NO3. The van der Waals surface area contributed by atoms with Gasteiger partial charge in [-0.2, -0.15) is 0 Å². The van der Waals surface area contributed by atoms with Gasteiger partial charge in [0.05, 0.1) is 6.61 Å². The third-order valence-corrected chi connectivity index (χ3v) is 4.41. The minimum absolute atomic E-state index is 0.0370. The highest BCUT2D eigenvalue weighted by molar-refractivity contribution is 5.94. The van der Waals surface area contributed by atoms with Crippen LogP contribution in [0.2, 0.25) is 0 Å². The third-order valence-electron chi connectivity index (χ3n) is 4.41. The first-order chi connectivity index (χ1) is 9.78. The van der Waals surface area contributed by atoms with Crippen molar-refractivity contribution < 1.29 is 14.6 Å². The molecule has 1 aliphatic heterocycles. The molecule has 0 aromatic heterocycles. The molecule has 1 aliphatic carbocycles. The molecule has 1 fully saturated rings. The van der Waals surface area contributed by atoms with E-state index in [2.05, 4.69) is 5.32 Å². The maximum absolute atomic E-state index is 12.3. The quantitative estimate of drug-likeness (QED) is 0.886. The molecule has 2 N–H and O–H groups in total. The summed E-state index contributed by atoms with van der Waals surface area (Å²) in [4.78, 5) is 12.3. The van der Waals surface area contributed by atoms with Crippen molar-refractivity contribution in [1.82, 2.24) is 5.32 Å². The molecule has 0 radical (unpaired) electrons. The summed E-state index contributed by atoms with van der Waals surface area (Å²) in [6.45, 7) is 0.860. The largest absolute Gasteiger partial charge is 0.493 e. The predicted molar refractivity (Wildman–Crippen MR) is 75.9 cm³/mol. The SMILES string of the molecule is O=C(NC1CCCCC1CO)c1ccc2c(c1)CCO2. The molecular weight excluding hydrogens is 254 g/mol. The van der Waals surface area contributed by atoms with Crippen molar-refractivity contribution in [2.75, 3.05) is 13.2 Å². The zero-order valence-electron chi connectivity index (χ0n) is 11.6. The van der Waals surface area contributed by atoms with Crippen molar-refractivity contribution in [1.29, 1.82) is 0 Å². The lowest BCUT2D eigenvalue weighted by Gasteiger charge is -2.30. The first-order valence-electron chi connectivity index (χ1n) is 7.45. The van der Waals surface area contributed by atoms with Gasteiger partial charge in [0, 0.05) is 30.6 Å². The van der Waals surface area contributed by atoms with Crippen LogP contribution in [0.1, 0.15) is 41.6 Å². The van der Waals surface area contributed by atoms with Gasteiger partial charge in [-0.05, 0) is 36.6 Å². The maximum Gasteiger partial charge on any atom is 0.251 e. The van der Waals surface area contributed by atoms with Crippen LogP contribution in [-0.4, -0.2) is 30.3 Å². The summed E-state index contributed by atoms with van der Waals surface area (Å²) < 4.78 is 5.45. The van der Waals surface area contributed by atoms with Crippen molar-refractivity contribution >= 4 is 5.91 Å². The third kappa shape index (κ3) is 2.66. The lowest BCUT2D eigenvalue weighted by molar-refractivity contribution is 0.0872. The Morgan fingerprint density at radius 2 is 2.20 bits per heavy atom. The van der Waals surface area contributed by atoms with Gasteiger partial charge in [-0.1, -0.05) is 12.8 Å². The topological polar surface area (TPSA) is 58.6 Å². The van der Waals surface area contributed by atoms with E-state index in [1.54, 1.807) is 0 Å². The monoisotopic (exact) mass is 275 g/mol. The second kappa shape index (κ2) is 5.83. The van der Waals surface area contributed by atoms with E-state index in [4.69, 9.17) is 4.74 Å². The van der Waals surface area contributed by atoms with E-state index >= 15 is 0 Å². The molecule has 1 heterocycles. The number of nitrogens with one attached hydrogen (secondary N) is 1. The van der Waals surface area contributed by atoms with Crippen LogP contribution in [0.15, 0.2) is 18.2 Å². The van der Waals surface area contributed by atoms with E-state index < -0.39 is 0 Å². The fraction of sp³-hybridized carbons (Fsp3) is 0.562. The zero-order chi connectivity index (χ0) is 13.9. The Morgan fingerprint density at radius 3 is 3.05 bits per heavy atom. The number of amides is 1. The molecule has 2 atom stereocenters. The van der Waals surface area contributed by atoms with Crippen LogP contribution in [0.3, 0.4) is 0 Å². The number of benzene rings is 1. The summed E-state index contributed by atoms with van der Waals surface area (Å²) >= 11 is 0. The number of hydrogen-bond donors (Lipinski definition) is 2. The van der Waals surface area contributed by atoms with Gasteiger partial charge in [-0.3, -0.25) is 4.79 Å². The highest BCUT2D eigenvalue weighted by Gasteiger charge is 2.26. The number of hydrogen-bond acceptors (Lipinski definition) is 3. The molecule has 0 spiro atoms. The fourth-order valence-corrected chi connectivity index (χ4v) is 3.20. The molecule has 3 rings (SSSR count). The first kappa shape index (κ1) is 13.4. The minimum atomic E-state index is -0.0370. The Labute approximate surface area is 119 Å². The Hall–Kier alpha value is -1.55. The van der Waals surface area contributed by atoms with Crippen LogP contribution >= 0.6 is 0 Å². The molecule has 0 saturated heterocycles. The summed E-state index contributed by atoms with van der Waals surface area (Å²) in [6, 6.07) is 5.72. The standard InChI is InChI=1S/C16H21NO3/c18-10-13-3-1-2-4-14(13)17-16(19)12-5-6-15-11(9-12)7-8-20-15/h5-6,9,13-14,18H,1-4,7-8,10H2,(H,17,19). The second-order valence-corrected chi connectivity index (χ2v) is 5.73. The Morgan fingerprint density at radius 1 is 1.35 bits per heavy atom. The van der Waals surface area contributed by atoms with Gasteiger partial charge in [-0.15, -0.1) is 0 Å². The highest BCUT2D eigenvalue weighted by atomic mass is 16.5. The molecule has 2 unspecified atom stereocenters. The molecule has 1 saturated carbocycles. The highest BCUT2D eigenvalue weighted by Crippen LogP contribution is 2.27. The van der Waals surface area contributed by atoms with Crippen molar-refractivity contribution in [3.63, 3.8) is 0 Å². The van der Waals surface area contributed by atoms with Crippen molar-refractivity contribution in [2.24, 2.45) is 5.92 Å². The Kier molecular flexibility index (Phi) is 3.92. The Balaban J connectivity index is 1.69. The first-order valence-corrected chi connectivity index (χ1v) is 7.45. The van der Waals surface area contributed by atoms with Crippen LogP contribution in [0, 0.1) is 5.92 Å². The van der Waals surface area contributed by atoms with Gasteiger partial charge in [0.25, 0.3) is 5.91 Å². The molecule has 4 nitrogen and oxygen atoms in total. The molecule has 1 aromatic rings. The van der Waals surface area contributed by atoms with E-state index in [-0.39, 0.29) is 24.5 Å². The summed E-state index contributed by atoms with van der Waals surface area (Å²) in [6.07, 6.45) is 5.11. The van der Waals surface area contributed by atoms with E-state index in [1.807, 2.05) is 18.2 Å². The van der Waals surface area contributed by atoms with Crippen LogP contribution in [0.4, 0.5) is 0 Å². The number of fused-ring (bicyclic) bond motifs is 1. The fourth-order valence-electron chi connectivity index (χ4n) is 3.20. The van der Waals surface area contributed by atoms with Gasteiger partial charge in [0.2, 0.25) is 0 Å². The molecule has 1 aromatic carbocycles. The lowest BCUT2D eigenvalue weighted by atomic mass is 9.85. The van der Waals surface area contributed by atoms with Crippen LogP contribution in [0.5, 0.6) is 5.75 Å². The molecule has 108 valence electrons. The average molecular weight is 275 g/mol. The molecule has 0 bridgehead atoms. The number of carbonyl (C=O) groups is 1. The predicted octanol–water partition coefficient (Wildman–Crippen LogP) is 1.90. The normalized spacial score (nSPS) is 24.9. The van der Waals surface area contributed by atoms with Crippen molar-refractivity contribution in [2.45, 2.75) is 38.1 Å². The number of aliphatic hydroxyl groups is 1. The number of rotatable bonds is 3. The summed E-state index contributed by atoms with van der Waals surface area (Å²) in [5.74, 6) is 1.06. The van der Waals surface area contributed by atoms with Gasteiger partial charge in [-0.25, -0.2) is 0 Å². The molecule has 2 aliphatic rings. The smallest absolute Gasteiger partial charge is 0.251 e. The van der Waals surface area contributed by atoms with E-state index in [0.29, 0.717) is 12.2 Å².